The third-order valence-electron chi connectivity index (χ3n) is 6.91. The van der Waals surface area contributed by atoms with Crippen molar-refractivity contribution in [1.29, 1.82) is 0 Å². The van der Waals surface area contributed by atoms with Gasteiger partial charge in [-0.1, -0.05) is 36.4 Å². The number of H-pyrrole nitrogens is 1. The van der Waals surface area contributed by atoms with Crippen molar-refractivity contribution < 1.29 is 61.8 Å². The zero-order valence-electron chi connectivity index (χ0n) is 26.3. The molecule has 1 aromatic heterocycles. The molecule has 1 fully saturated rings. The number of rotatable bonds is 12. The highest BCUT2D eigenvalue weighted by Gasteiger charge is 2.62. The van der Waals surface area contributed by atoms with Crippen molar-refractivity contribution in [3.05, 3.63) is 76.7 Å². The van der Waals surface area contributed by atoms with Gasteiger partial charge in [-0.25, -0.2) is 4.39 Å². The van der Waals surface area contributed by atoms with Crippen LogP contribution >= 0.6 is 0 Å². The molecule has 0 spiro atoms. The minimum absolute atomic E-state index is 0.0438. The molecule has 2 N–H and O–H groups in total. The van der Waals surface area contributed by atoms with Crippen molar-refractivity contribution in [3.63, 3.8) is 0 Å². The first-order valence-corrected chi connectivity index (χ1v) is 14.5. The number of ether oxygens (including phenoxy) is 7. The van der Waals surface area contributed by atoms with Gasteiger partial charge in [-0.3, -0.25) is 24.3 Å². The molecular weight excluding hydrogens is 623 g/mol. The van der Waals surface area contributed by atoms with Gasteiger partial charge in [-0.15, -0.1) is 5.10 Å². The van der Waals surface area contributed by atoms with Crippen LogP contribution in [0.25, 0.3) is 0 Å². The topological polar surface area (TPSA) is 182 Å². The number of halogens is 1. The quantitative estimate of drug-likeness (QED) is 0.165. The second kappa shape index (κ2) is 15.0. The highest BCUT2D eigenvalue weighted by atomic mass is 19.1. The van der Waals surface area contributed by atoms with E-state index in [-0.39, 0.29) is 24.7 Å². The second-order valence-corrected chi connectivity index (χ2v) is 10.7. The van der Waals surface area contributed by atoms with Gasteiger partial charge in [-0.2, -0.15) is 0 Å². The SMILES string of the molecule is CC(=O)OC[C@H]1O[C@](O)(Oc2n[nH]c(C)c2Cc2ccc(OCc3ccccc3)c(F)c2)[C@H](OC(C)=O)[C@@H](OC(C)=O)[C@@H]1OC(C)=O. The summed E-state index contributed by atoms with van der Waals surface area (Å²) in [4.78, 5) is 47.9. The first-order chi connectivity index (χ1) is 22.3. The molecular formula is C32H35FN2O12. The molecule has 1 saturated heterocycles. The Bertz CT molecular complexity index is 1600. The standard InChI is InChI=1S/C32H35FN2O12/c1-17-24(13-23-11-12-26(25(33)14-23)42-15-22-9-7-6-8-10-22)31(35-34-17)47-32(40)30(45-21(5)39)29(44-20(4)38)28(43-19(3)37)27(46-32)16-41-18(2)36/h6-12,14,27-30,40H,13,15-16H2,1-5H3,(H,34,35)/t27-,28-,29+,30-,32+/m1/s1. The van der Waals surface area contributed by atoms with E-state index in [1.165, 1.54) is 12.1 Å². The van der Waals surface area contributed by atoms with Crippen LogP contribution in [0.5, 0.6) is 11.6 Å². The molecule has 1 aliphatic rings. The summed E-state index contributed by atoms with van der Waals surface area (Å²) in [6.07, 6.45) is -6.59. The Balaban J connectivity index is 1.64. The molecule has 15 heteroatoms. The van der Waals surface area contributed by atoms with Crippen molar-refractivity contribution in [3.8, 4) is 11.6 Å². The molecule has 14 nitrogen and oxygen atoms in total. The number of carbonyl (C=O) groups is 4. The van der Waals surface area contributed by atoms with E-state index in [1.54, 1.807) is 13.0 Å². The Labute approximate surface area is 269 Å². The molecule has 3 aromatic rings. The van der Waals surface area contributed by atoms with Gasteiger partial charge in [0.05, 0.1) is 0 Å². The van der Waals surface area contributed by atoms with E-state index in [4.69, 9.17) is 33.2 Å². The first-order valence-electron chi connectivity index (χ1n) is 14.5. The molecule has 0 amide bonds. The summed E-state index contributed by atoms with van der Waals surface area (Å²) in [5.41, 5.74) is 2.17. The van der Waals surface area contributed by atoms with E-state index in [1.807, 2.05) is 30.3 Å². The average molecular weight is 659 g/mol. The van der Waals surface area contributed by atoms with Gasteiger partial charge in [0.25, 0.3) is 0 Å². The molecule has 4 rings (SSSR count). The van der Waals surface area contributed by atoms with Crippen molar-refractivity contribution >= 4 is 23.9 Å². The average Bonchev–Trinajstić information content (AvgIpc) is 3.32. The Hall–Kier alpha value is -5.02. The summed E-state index contributed by atoms with van der Waals surface area (Å²) in [5.74, 6) is -7.17. The van der Waals surface area contributed by atoms with Crippen LogP contribution in [0.4, 0.5) is 4.39 Å². The van der Waals surface area contributed by atoms with E-state index in [0.717, 1.165) is 33.3 Å². The van der Waals surface area contributed by atoms with Crippen molar-refractivity contribution in [2.75, 3.05) is 6.61 Å². The fraction of sp³-hybridized carbons (Fsp3) is 0.406. The maximum Gasteiger partial charge on any atom is 0.369 e. The van der Waals surface area contributed by atoms with Gasteiger partial charge in [0.1, 0.15) is 19.3 Å². The van der Waals surface area contributed by atoms with Crippen LogP contribution in [0.15, 0.2) is 48.5 Å². The van der Waals surface area contributed by atoms with Crippen LogP contribution in [0.3, 0.4) is 0 Å². The zero-order chi connectivity index (χ0) is 34.3. The monoisotopic (exact) mass is 658 g/mol. The summed E-state index contributed by atoms with van der Waals surface area (Å²) in [5, 5.41) is 18.6. The smallest absolute Gasteiger partial charge is 0.369 e. The summed E-state index contributed by atoms with van der Waals surface area (Å²) in [7, 11) is 0. The highest BCUT2D eigenvalue weighted by Crippen LogP contribution is 2.37. The minimum Gasteiger partial charge on any atom is -0.486 e. The van der Waals surface area contributed by atoms with Crippen molar-refractivity contribution in [2.45, 2.75) is 78.0 Å². The Kier molecular flexibility index (Phi) is 11.2. The second-order valence-electron chi connectivity index (χ2n) is 10.7. The van der Waals surface area contributed by atoms with Gasteiger partial charge >= 0.3 is 29.9 Å². The van der Waals surface area contributed by atoms with Gasteiger partial charge in [-0.05, 0) is 30.2 Å². The molecule has 2 heterocycles. The normalized spacial score (nSPS) is 22.1. The van der Waals surface area contributed by atoms with Gasteiger partial charge < -0.3 is 38.3 Å². The van der Waals surface area contributed by atoms with Crippen LogP contribution < -0.4 is 9.47 Å². The third-order valence-corrected chi connectivity index (χ3v) is 6.91. The zero-order valence-corrected chi connectivity index (χ0v) is 26.3. The fourth-order valence-corrected chi connectivity index (χ4v) is 4.90. The number of aliphatic hydroxyl groups is 1. The number of aryl methyl sites for hydroxylation is 1. The van der Waals surface area contributed by atoms with Crippen LogP contribution in [-0.2, 0) is 55.9 Å². The summed E-state index contributed by atoms with van der Waals surface area (Å²) in [6, 6.07) is 13.7. The molecule has 0 aliphatic carbocycles. The predicted molar refractivity (Wildman–Crippen MR) is 157 cm³/mol. The number of aromatic nitrogens is 2. The lowest BCUT2D eigenvalue weighted by molar-refractivity contribution is -0.422. The fourth-order valence-electron chi connectivity index (χ4n) is 4.90. The lowest BCUT2D eigenvalue weighted by Crippen LogP contribution is -2.70. The van der Waals surface area contributed by atoms with Gasteiger partial charge in [0.15, 0.2) is 23.8 Å². The predicted octanol–water partition coefficient (Wildman–Crippen LogP) is 2.81. The molecule has 252 valence electrons. The molecule has 1 aliphatic heterocycles. The van der Waals surface area contributed by atoms with Crippen LogP contribution in [0.1, 0.15) is 50.1 Å². The van der Waals surface area contributed by atoms with E-state index in [2.05, 4.69) is 10.2 Å². The number of nitrogens with one attached hydrogen (secondary N) is 1. The van der Waals surface area contributed by atoms with Crippen LogP contribution in [0, 0.1) is 12.7 Å². The Morgan fingerprint density at radius 1 is 0.915 bits per heavy atom. The van der Waals surface area contributed by atoms with E-state index in [9.17, 15) is 24.3 Å². The number of esters is 4. The van der Waals surface area contributed by atoms with Gasteiger partial charge in [0.2, 0.25) is 12.0 Å². The summed E-state index contributed by atoms with van der Waals surface area (Å²) in [6.45, 7) is 5.47. The molecule has 47 heavy (non-hydrogen) atoms. The minimum atomic E-state index is -2.94. The third kappa shape index (κ3) is 9.04. The molecule has 0 unspecified atom stereocenters. The van der Waals surface area contributed by atoms with Crippen LogP contribution in [-0.4, -0.2) is 76.2 Å². The number of hydrogen-bond acceptors (Lipinski definition) is 13. The molecule has 0 bridgehead atoms. The summed E-state index contributed by atoms with van der Waals surface area (Å²) >= 11 is 0. The molecule has 0 radical (unpaired) electrons. The molecule has 0 saturated carbocycles. The largest absolute Gasteiger partial charge is 0.486 e. The van der Waals surface area contributed by atoms with Crippen LogP contribution in [0.2, 0.25) is 0 Å². The highest BCUT2D eigenvalue weighted by molar-refractivity contribution is 5.68. The van der Waals surface area contributed by atoms with Crippen molar-refractivity contribution in [1.82, 2.24) is 10.2 Å². The van der Waals surface area contributed by atoms with E-state index in [0.29, 0.717) is 16.8 Å². The number of nitrogens with zero attached hydrogens (tertiary/aromatic N) is 1. The number of carbonyl (C=O) groups excluding carboxylic acids is 4. The van der Waals surface area contributed by atoms with Crippen molar-refractivity contribution in [2.24, 2.45) is 0 Å². The lowest BCUT2D eigenvalue weighted by Gasteiger charge is -2.47. The van der Waals surface area contributed by atoms with Gasteiger partial charge in [0, 0.05) is 45.4 Å². The molecule has 5 atom stereocenters. The number of benzene rings is 2. The Morgan fingerprint density at radius 2 is 1.57 bits per heavy atom. The first kappa shape index (κ1) is 34.8. The van der Waals surface area contributed by atoms with E-state index < -0.39 is 66.7 Å². The lowest BCUT2D eigenvalue weighted by atomic mass is 9.96. The summed E-state index contributed by atoms with van der Waals surface area (Å²) < 4.78 is 53.3. The number of aromatic amines is 1. The Morgan fingerprint density at radius 3 is 2.19 bits per heavy atom. The maximum atomic E-state index is 15.0. The number of hydrogen-bond donors (Lipinski definition) is 2. The maximum absolute atomic E-state index is 15.0. The molecule has 2 aromatic carbocycles. The van der Waals surface area contributed by atoms with E-state index >= 15 is 4.39 Å².